The number of hydrogen-bond donors (Lipinski definition) is 0. The van der Waals surface area contributed by atoms with Crippen LogP contribution in [0.15, 0.2) is 76.0 Å². The van der Waals surface area contributed by atoms with Gasteiger partial charge in [-0.25, -0.2) is 4.98 Å². The summed E-state index contributed by atoms with van der Waals surface area (Å²) in [5, 5.41) is 2.81. The van der Waals surface area contributed by atoms with Crippen molar-refractivity contribution in [3.8, 4) is 0 Å². The highest BCUT2D eigenvalue weighted by Gasteiger charge is 2.32. The number of aromatic nitrogens is 2. The maximum atomic E-state index is 13.3. The Morgan fingerprint density at radius 2 is 1.76 bits per heavy atom. The van der Waals surface area contributed by atoms with E-state index in [-0.39, 0.29) is 16.9 Å². The van der Waals surface area contributed by atoms with Crippen LogP contribution in [0.1, 0.15) is 16.0 Å². The summed E-state index contributed by atoms with van der Waals surface area (Å²) in [5.74, 6) is 0.0604. The number of benzene rings is 2. The molecule has 2 aromatic heterocycles. The average Bonchev–Trinajstić information content (AvgIpc) is 3.22. The van der Waals surface area contributed by atoms with Gasteiger partial charge in [-0.2, -0.15) is 13.2 Å². The monoisotopic (exact) mass is 432 g/mol. The van der Waals surface area contributed by atoms with Crippen molar-refractivity contribution >= 4 is 34.0 Å². The molecule has 0 fully saturated rings. The Labute approximate surface area is 172 Å². The Morgan fingerprint density at radius 3 is 2.52 bits per heavy atom. The number of thioether (sulfide) groups is 1. The van der Waals surface area contributed by atoms with Gasteiger partial charge in [0.1, 0.15) is 0 Å². The lowest BCUT2D eigenvalue weighted by Gasteiger charge is -2.15. The first kappa shape index (κ1) is 19.7. The molecule has 4 rings (SSSR count). The molecule has 0 amide bonds. The van der Waals surface area contributed by atoms with Gasteiger partial charge in [0.2, 0.25) is 0 Å². The molecular weight excluding hydrogens is 417 g/mol. The van der Waals surface area contributed by atoms with Gasteiger partial charge in [0, 0.05) is 10.6 Å². The Hall–Kier alpha value is -2.58. The zero-order chi connectivity index (χ0) is 20.4. The number of nitrogens with zero attached hydrogens (tertiary/aromatic N) is 2. The Morgan fingerprint density at radius 1 is 1.00 bits per heavy atom. The molecule has 0 aliphatic carbocycles. The molecule has 0 bridgehead atoms. The second-order valence-corrected chi connectivity index (χ2v) is 8.30. The van der Waals surface area contributed by atoms with Crippen molar-refractivity contribution in [2.24, 2.45) is 0 Å². The molecule has 0 spiro atoms. The van der Waals surface area contributed by atoms with E-state index >= 15 is 0 Å². The summed E-state index contributed by atoms with van der Waals surface area (Å²) in [7, 11) is 0. The van der Waals surface area contributed by atoms with E-state index in [2.05, 4.69) is 4.98 Å². The summed E-state index contributed by atoms with van der Waals surface area (Å²) in [6.07, 6.45) is -4.43. The van der Waals surface area contributed by atoms with Gasteiger partial charge in [-0.3, -0.25) is 9.36 Å². The summed E-state index contributed by atoms with van der Waals surface area (Å²) in [6, 6.07) is 16.3. The van der Waals surface area contributed by atoms with Crippen LogP contribution in [0.5, 0.6) is 0 Å². The molecule has 0 unspecified atom stereocenters. The lowest BCUT2D eigenvalue weighted by molar-refractivity contribution is -0.138. The molecular formula is C21H15F3N2OS2. The lowest BCUT2D eigenvalue weighted by Crippen LogP contribution is -2.23. The number of fused-ring (bicyclic) bond motifs is 1. The minimum atomic E-state index is -4.43. The van der Waals surface area contributed by atoms with E-state index in [1.54, 1.807) is 30.3 Å². The SMILES string of the molecule is O=c1c2ccccc2nc(SCc2ccccc2C(F)(F)F)n1Cc1cccs1. The van der Waals surface area contributed by atoms with Gasteiger partial charge in [0.25, 0.3) is 5.56 Å². The van der Waals surface area contributed by atoms with Crippen molar-refractivity contribution in [1.82, 2.24) is 9.55 Å². The van der Waals surface area contributed by atoms with Crippen molar-refractivity contribution in [3.05, 3.63) is 92.4 Å². The van der Waals surface area contributed by atoms with Crippen molar-refractivity contribution in [3.63, 3.8) is 0 Å². The first-order valence-corrected chi connectivity index (χ1v) is 10.6. The van der Waals surface area contributed by atoms with Crippen molar-refractivity contribution in [1.29, 1.82) is 0 Å². The van der Waals surface area contributed by atoms with E-state index in [4.69, 9.17) is 0 Å². The standard InChI is InChI=1S/C21H15F3N2OS2/c22-21(23,24)17-9-3-1-6-14(17)13-29-20-25-18-10-4-2-8-16(18)19(27)26(20)12-15-7-5-11-28-15/h1-11H,12-13H2. The Kier molecular flexibility index (Phi) is 5.47. The molecule has 2 heterocycles. The number of para-hydroxylation sites is 1. The number of rotatable bonds is 5. The summed E-state index contributed by atoms with van der Waals surface area (Å²) in [5.41, 5.74) is -0.169. The summed E-state index contributed by atoms with van der Waals surface area (Å²) >= 11 is 2.65. The Bertz CT molecular complexity index is 1200. The predicted octanol–water partition coefficient (Wildman–Crippen LogP) is 5.82. The summed E-state index contributed by atoms with van der Waals surface area (Å²) in [6.45, 7) is 0.331. The molecule has 3 nitrogen and oxygen atoms in total. The van der Waals surface area contributed by atoms with E-state index in [9.17, 15) is 18.0 Å². The number of thiophene rings is 1. The number of alkyl halides is 3. The molecule has 8 heteroatoms. The maximum absolute atomic E-state index is 13.3. The molecule has 2 aromatic carbocycles. The van der Waals surface area contributed by atoms with Crippen molar-refractivity contribution in [2.75, 3.05) is 0 Å². The van der Waals surface area contributed by atoms with Crippen LogP contribution in [0, 0.1) is 0 Å². The zero-order valence-corrected chi connectivity index (χ0v) is 16.7. The van der Waals surface area contributed by atoms with Crippen LogP contribution < -0.4 is 5.56 Å². The second kappa shape index (κ2) is 8.04. The largest absolute Gasteiger partial charge is 0.416 e. The van der Waals surface area contributed by atoms with Crippen LogP contribution in [0.2, 0.25) is 0 Å². The van der Waals surface area contributed by atoms with Crippen LogP contribution in [-0.2, 0) is 18.5 Å². The minimum Gasteiger partial charge on any atom is -0.282 e. The van der Waals surface area contributed by atoms with E-state index < -0.39 is 11.7 Å². The quantitative estimate of drug-likeness (QED) is 0.295. The molecule has 148 valence electrons. The topological polar surface area (TPSA) is 34.9 Å². The van der Waals surface area contributed by atoms with Crippen LogP contribution in [0.4, 0.5) is 13.2 Å². The van der Waals surface area contributed by atoms with Crippen LogP contribution in [0.3, 0.4) is 0 Å². The molecule has 0 atom stereocenters. The fourth-order valence-corrected chi connectivity index (χ4v) is 4.72. The van der Waals surface area contributed by atoms with Gasteiger partial charge in [-0.1, -0.05) is 48.2 Å². The van der Waals surface area contributed by atoms with Gasteiger partial charge >= 0.3 is 6.18 Å². The van der Waals surface area contributed by atoms with Crippen molar-refractivity contribution in [2.45, 2.75) is 23.6 Å². The minimum absolute atomic E-state index is 0.0604. The molecule has 0 saturated heterocycles. The smallest absolute Gasteiger partial charge is 0.282 e. The van der Waals surface area contributed by atoms with Crippen LogP contribution in [-0.4, -0.2) is 9.55 Å². The number of halogens is 3. The number of hydrogen-bond acceptors (Lipinski definition) is 4. The highest BCUT2D eigenvalue weighted by Crippen LogP contribution is 2.34. The fourth-order valence-electron chi connectivity index (χ4n) is 3.02. The molecule has 4 aromatic rings. The van der Waals surface area contributed by atoms with Gasteiger partial charge in [-0.05, 0) is 35.2 Å². The zero-order valence-electron chi connectivity index (χ0n) is 15.0. The van der Waals surface area contributed by atoms with Gasteiger partial charge in [0.15, 0.2) is 5.16 Å². The molecule has 0 aliphatic heterocycles. The Balaban J connectivity index is 1.74. The third-order valence-corrected chi connectivity index (χ3v) is 6.29. The molecule has 0 saturated carbocycles. The third-order valence-electron chi connectivity index (χ3n) is 4.40. The highest BCUT2D eigenvalue weighted by molar-refractivity contribution is 7.98. The summed E-state index contributed by atoms with van der Waals surface area (Å²) in [4.78, 5) is 18.6. The first-order chi connectivity index (χ1) is 13.9. The van der Waals surface area contributed by atoms with Gasteiger partial charge in [-0.15, -0.1) is 11.3 Å². The van der Waals surface area contributed by atoms with E-state index in [1.165, 1.54) is 28.0 Å². The first-order valence-electron chi connectivity index (χ1n) is 8.73. The third kappa shape index (κ3) is 4.23. The summed E-state index contributed by atoms with van der Waals surface area (Å²) < 4.78 is 41.4. The van der Waals surface area contributed by atoms with Gasteiger partial charge in [0.05, 0.1) is 23.0 Å². The predicted molar refractivity (Wildman–Crippen MR) is 110 cm³/mol. The fraction of sp³-hybridized carbons (Fsp3) is 0.143. The van der Waals surface area contributed by atoms with E-state index in [0.29, 0.717) is 22.6 Å². The lowest BCUT2D eigenvalue weighted by atomic mass is 10.1. The molecule has 0 radical (unpaired) electrons. The molecule has 0 N–H and O–H groups in total. The van der Waals surface area contributed by atoms with Crippen molar-refractivity contribution < 1.29 is 13.2 Å². The van der Waals surface area contributed by atoms with E-state index in [1.807, 2.05) is 17.5 Å². The van der Waals surface area contributed by atoms with Crippen LogP contribution in [0.25, 0.3) is 10.9 Å². The molecule has 0 aliphatic rings. The van der Waals surface area contributed by atoms with E-state index in [0.717, 1.165) is 22.7 Å². The molecule has 29 heavy (non-hydrogen) atoms. The van der Waals surface area contributed by atoms with Gasteiger partial charge < -0.3 is 0 Å². The maximum Gasteiger partial charge on any atom is 0.416 e. The average molecular weight is 432 g/mol. The van der Waals surface area contributed by atoms with Crippen LogP contribution >= 0.6 is 23.1 Å². The highest BCUT2D eigenvalue weighted by atomic mass is 32.2. The normalized spacial score (nSPS) is 11.8. The second-order valence-electron chi connectivity index (χ2n) is 6.33.